The summed E-state index contributed by atoms with van der Waals surface area (Å²) >= 11 is 0. The molecule has 0 heterocycles. The summed E-state index contributed by atoms with van der Waals surface area (Å²) in [5, 5.41) is 0. The number of ether oxygens (including phenoxy) is 1. The van der Waals surface area contributed by atoms with E-state index in [0.717, 1.165) is 24.8 Å². The molecule has 1 aromatic rings. The second-order valence-electron chi connectivity index (χ2n) is 5.23. The number of hydrogen-bond acceptors (Lipinski definition) is 4. The average Bonchev–Trinajstić information content (AvgIpc) is 2.47. The first kappa shape index (κ1) is 19.0. The van der Waals surface area contributed by atoms with E-state index in [-0.39, 0.29) is 4.90 Å². The van der Waals surface area contributed by atoms with Crippen LogP contribution in [0.4, 0.5) is 4.79 Å². The van der Waals surface area contributed by atoms with Gasteiger partial charge in [-0.2, -0.15) is 0 Å². The molecule has 0 radical (unpaired) electrons. The third kappa shape index (κ3) is 6.72. The van der Waals surface area contributed by atoms with Crippen LogP contribution in [-0.4, -0.2) is 20.6 Å². The van der Waals surface area contributed by atoms with Crippen molar-refractivity contribution in [2.24, 2.45) is 0 Å². The molecule has 0 bridgehead atoms. The predicted molar refractivity (Wildman–Crippen MR) is 89.6 cm³/mol. The van der Waals surface area contributed by atoms with Crippen molar-refractivity contribution >= 4 is 16.1 Å². The average molecular weight is 337 g/mol. The van der Waals surface area contributed by atoms with E-state index in [1.54, 1.807) is 12.1 Å². The van der Waals surface area contributed by atoms with E-state index in [1.807, 2.05) is 11.6 Å². The number of hydrogen-bond donors (Lipinski definition) is 1. The third-order valence-corrected chi connectivity index (χ3v) is 4.53. The van der Waals surface area contributed by atoms with Crippen molar-refractivity contribution in [2.45, 2.75) is 50.5 Å². The summed E-state index contributed by atoms with van der Waals surface area (Å²) in [6, 6.07) is 6.20. The van der Waals surface area contributed by atoms with Crippen LogP contribution in [0, 0.1) is 6.92 Å². The minimum Gasteiger partial charge on any atom is -0.441 e. The van der Waals surface area contributed by atoms with E-state index >= 15 is 0 Å². The summed E-state index contributed by atoms with van der Waals surface area (Å²) in [6.07, 6.45) is 3.51. The Hall–Kier alpha value is -2.04. The minimum atomic E-state index is -3.94. The Labute approximate surface area is 138 Å². The molecule has 5 nitrogen and oxygen atoms in total. The van der Waals surface area contributed by atoms with Crippen molar-refractivity contribution < 1.29 is 17.9 Å². The molecule has 6 heteroatoms. The Morgan fingerprint density at radius 3 is 2.57 bits per heavy atom. The summed E-state index contributed by atoms with van der Waals surface area (Å²) in [6.45, 7) is 7.37. The molecule has 1 aromatic carbocycles. The van der Waals surface area contributed by atoms with Gasteiger partial charge in [0.15, 0.2) is 0 Å². The Morgan fingerprint density at radius 2 is 2.00 bits per heavy atom. The molecular formula is C17H23NO4S. The van der Waals surface area contributed by atoms with Crippen molar-refractivity contribution in [1.82, 2.24) is 4.72 Å². The van der Waals surface area contributed by atoms with Crippen LogP contribution in [0.5, 0.6) is 0 Å². The van der Waals surface area contributed by atoms with Gasteiger partial charge in [-0.15, -0.1) is 5.73 Å². The standard InChI is InChI=1S/C17H23NO4S/c1-4-6-7-9-15(8-5-2)22-17(19)18-23(20,21)16-12-10-14(3)11-13-16/h8,10-13,15H,2,4,6-7,9H2,1,3H3,(H,18,19). The molecule has 0 saturated carbocycles. The second kappa shape index (κ2) is 9.18. The molecule has 1 atom stereocenters. The van der Waals surface area contributed by atoms with Gasteiger partial charge in [0.05, 0.1) is 4.90 Å². The monoisotopic (exact) mass is 337 g/mol. The maximum atomic E-state index is 12.1. The maximum Gasteiger partial charge on any atom is 0.421 e. The van der Waals surface area contributed by atoms with E-state index < -0.39 is 22.2 Å². The highest BCUT2D eigenvalue weighted by atomic mass is 32.2. The molecule has 0 spiro atoms. The lowest BCUT2D eigenvalue weighted by Crippen LogP contribution is -2.33. The highest BCUT2D eigenvalue weighted by Gasteiger charge is 2.20. The first-order chi connectivity index (χ1) is 10.9. The summed E-state index contributed by atoms with van der Waals surface area (Å²) in [5.74, 6) is 0. The maximum absolute atomic E-state index is 12.1. The van der Waals surface area contributed by atoms with Crippen molar-refractivity contribution in [3.63, 3.8) is 0 Å². The van der Waals surface area contributed by atoms with E-state index in [0.29, 0.717) is 6.42 Å². The van der Waals surface area contributed by atoms with Crippen LogP contribution in [0.15, 0.2) is 47.5 Å². The third-order valence-electron chi connectivity index (χ3n) is 3.20. The van der Waals surface area contributed by atoms with Crippen LogP contribution in [-0.2, 0) is 14.8 Å². The first-order valence-corrected chi connectivity index (χ1v) is 9.03. The van der Waals surface area contributed by atoms with Crippen molar-refractivity contribution in [3.8, 4) is 0 Å². The largest absolute Gasteiger partial charge is 0.441 e. The number of amides is 1. The zero-order valence-corrected chi connectivity index (χ0v) is 14.4. The van der Waals surface area contributed by atoms with E-state index in [9.17, 15) is 13.2 Å². The van der Waals surface area contributed by atoms with Gasteiger partial charge in [0.1, 0.15) is 6.10 Å². The predicted octanol–water partition coefficient (Wildman–Crippen LogP) is 3.70. The van der Waals surface area contributed by atoms with Gasteiger partial charge in [-0.3, -0.25) is 0 Å². The van der Waals surface area contributed by atoms with Crippen LogP contribution in [0.25, 0.3) is 0 Å². The second-order valence-corrected chi connectivity index (χ2v) is 6.91. The van der Waals surface area contributed by atoms with Gasteiger partial charge in [0, 0.05) is 0 Å². The van der Waals surface area contributed by atoms with Crippen LogP contribution in [0.2, 0.25) is 0 Å². The summed E-state index contributed by atoms with van der Waals surface area (Å²) < 4.78 is 31.3. The lowest BCUT2D eigenvalue weighted by Gasteiger charge is -2.14. The molecule has 23 heavy (non-hydrogen) atoms. The van der Waals surface area contributed by atoms with Crippen LogP contribution in [0.1, 0.15) is 38.2 Å². The first-order valence-electron chi connectivity index (χ1n) is 7.55. The lowest BCUT2D eigenvalue weighted by molar-refractivity contribution is 0.120. The van der Waals surface area contributed by atoms with Gasteiger partial charge in [0.2, 0.25) is 0 Å². The van der Waals surface area contributed by atoms with E-state index in [2.05, 4.69) is 19.2 Å². The fraction of sp³-hybridized carbons (Fsp3) is 0.412. The molecule has 1 rings (SSSR count). The molecule has 0 aliphatic rings. The van der Waals surface area contributed by atoms with Gasteiger partial charge >= 0.3 is 6.09 Å². The summed E-state index contributed by atoms with van der Waals surface area (Å²) in [4.78, 5) is 11.9. The van der Waals surface area contributed by atoms with Gasteiger partial charge in [-0.05, 0) is 38.0 Å². The number of rotatable bonds is 8. The van der Waals surface area contributed by atoms with Crippen molar-refractivity contribution in [3.05, 3.63) is 48.2 Å². The smallest absolute Gasteiger partial charge is 0.421 e. The highest BCUT2D eigenvalue weighted by Crippen LogP contribution is 2.12. The Balaban J connectivity index is 2.69. The number of unbranched alkanes of at least 4 members (excludes halogenated alkanes) is 2. The molecule has 1 N–H and O–H groups in total. The minimum absolute atomic E-state index is 0.0156. The Kier molecular flexibility index (Phi) is 7.59. The molecule has 126 valence electrons. The number of nitrogens with one attached hydrogen (secondary N) is 1. The van der Waals surface area contributed by atoms with Crippen molar-refractivity contribution in [2.75, 3.05) is 0 Å². The molecule has 0 aliphatic heterocycles. The SMILES string of the molecule is C=C=CC(CCCCC)OC(=O)NS(=O)(=O)c1ccc(C)cc1. The number of carbonyl (C=O) groups excluding carboxylic acids is 1. The number of aryl methyl sites for hydroxylation is 1. The normalized spacial score (nSPS) is 12.1. The van der Waals surface area contributed by atoms with Crippen LogP contribution < -0.4 is 4.72 Å². The molecule has 0 saturated heterocycles. The van der Waals surface area contributed by atoms with Crippen molar-refractivity contribution in [1.29, 1.82) is 0 Å². The summed E-state index contributed by atoms with van der Waals surface area (Å²) in [5.41, 5.74) is 3.50. The number of carbonyl (C=O) groups is 1. The molecule has 0 aliphatic carbocycles. The van der Waals surface area contributed by atoms with Gasteiger partial charge in [0.25, 0.3) is 10.0 Å². The molecule has 1 amide bonds. The zero-order chi connectivity index (χ0) is 17.3. The Bertz CT molecular complexity index is 658. The lowest BCUT2D eigenvalue weighted by atomic mass is 10.1. The molecule has 0 fully saturated rings. The molecular weight excluding hydrogens is 314 g/mol. The number of benzene rings is 1. The topological polar surface area (TPSA) is 72.5 Å². The van der Waals surface area contributed by atoms with Gasteiger partial charge in [-0.25, -0.2) is 17.9 Å². The fourth-order valence-electron chi connectivity index (χ4n) is 1.95. The number of sulfonamides is 1. The van der Waals surface area contributed by atoms with Gasteiger partial charge < -0.3 is 4.74 Å². The van der Waals surface area contributed by atoms with Gasteiger partial charge in [-0.1, -0.05) is 44.0 Å². The fourth-order valence-corrected chi connectivity index (χ4v) is 2.83. The van der Waals surface area contributed by atoms with Crippen LogP contribution in [0.3, 0.4) is 0 Å². The van der Waals surface area contributed by atoms with Crippen LogP contribution >= 0.6 is 0 Å². The van der Waals surface area contributed by atoms with E-state index in [4.69, 9.17) is 4.74 Å². The Morgan fingerprint density at radius 1 is 1.35 bits per heavy atom. The quantitative estimate of drug-likeness (QED) is 0.580. The highest BCUT2D eigenvalue weighted by molar-refractivity contribution is 7.90. The molecule has 1 unspecified atom stereocenters. The zero-order valence-electron chi connectivity index (χ0n) is 13.5. The summed E-state index contributed by atoms with van der Waals surface area (Å²) in [7, 11) is -3.94. The molecule has 0 aromatic heterocycles. The van der Waals surface area contributed by atoms with E-state index in [1.165, 1.54) is 18.2 Å².